The maximum atomic E-state index is 11.9. The van der Waals surface area contributed by atoms with Crippen molar-refractivity contribution in [1.82, 2.24) is 10.6 Å². The van der Waals surface area contributed by atoms with Crippen LogP contribution in [0.4, 0.5) is 5.69 Å². The van der Waals surface area contributed by atoms with Crippen LogP contribution in [0.2, 0.25) is 0 Å². The maximum Gasteiger partial charge on any atom is 0.325 e. The van der Waals surface area contributed by atoms with E-state index >= 15 is 0 Å². The molecule has 21 heavy (non-hydrogen) atoms. The summed E-state index contributed by atoms with van der Waals surface area (Å²) >= 11 is 0. The number of hydrogen-bond acceptors (Lipinski definition) is 5. The van der Waals surface area contributed by atoms with Gasteiger partial charge >= 0.3 is 5.97 Å². The molecule has 1 unspecified atom stereocenters. The Morgan fingerprint density at radius 2 is 1.71 bits per heavy atom. The fourth-order valence-electron chi connectivity index (χ4n) is 1.46. The number of carbonyl (C=O) groups is 3. The number of nitrogens with one attached hydrogen (secondary N) is 2. The first-order valence-corrected chi connectivity index (χ1v) is 5.81. The molecule has 9 nitrogen and oxygen atoms in total. The molecule has 2 amide bonds. The molecule has 1 rings (SSSR count). The number of nitro groups is 1. The van der Waals surface area contributed by atoms with Crippen molar-refractivity contribution in [3.8, 4) is 0 Å². The molecule has 112 valence electrons. The molecule has 0 aliphatic carbocycles. The molecule has 0 saturated carbocycles. The van der Waals surface area contributed by atoms with E-state index in [0.29, 0.717) is 0 Å². The highest BCUT2D eigenvalue weighted by molar-refractivity contribution is 6.01. The fourth-order valence-corrected chi connectivity index (χ4v) is 1.46. The number of carboxylic acids is 1. The van der Waals surface area contributed by atoms with Gasteiger partial charge in [-0.05, 0) is 13.0 Å². The van der Waals surface area contributed by atoms with Crippen molar-refractivity contribution >= 4 is 23.5 Å². The van der Waals surface area contributed by atoms with Gasteiger partial charge in [-0.3, -0.25) is 24.5 Å². The summed E-state index contributed by atoms with van der Waals surface area (Å²) in [6.45, 7) is 1.25. The third-order valence-corrected chi connectivity index (χ3v) is 2.60. The number of non-ortho nitro benzene ring substituents is 1. The second-order valence-electron chi connectivity index (χ2n) is 4.14. The Morgan fingerprint density at radius 1 is 1.19 bits per heavy atom. The first-order valence-electron chi connectivity index (χ1n) is 5.81. The zero-order valence-electron chi connectivity index (χ0n) is 11.2. The van der Waals surface area contributed by atoms with Gasteiger partial charge < -0.3 is 15.7 Å². The van der Waals surface area contributed by atoms with Gasteiger partial charge in [0.25, 0.3) is 17.5 Å². The van der Waals surface area contributed by atoms with Crippen LogP contribution in [-0.4, -0.2) is 40.9 Å². The van der Waals surface area contributed by atoms with Gasteiger partial charge in [-0.2, -0.15) is 0 Å². The molecule has 0 heterocycles. The van der Waals surface area contributed by atoms with Crippen LogP contribution < -0.4 is 10.6 Å². The topological polar surface area (TPSA) is 139 Å². The zero-order valence-corrected chi connectivity index (χ0v) is 11.2. The second-order valence-corrected chi connectivity index (χ2v) is 4.14. The molecule has 0 saturated heterocycles. The molecule has 0 spiro atoms. The van der Waals surface area contributed by atoms with Gasteiger partial charge in [0.2, 0.25) is 0 Å². The lowest BCUT2D eigenvalue weighted by Crippen LogP contribution is -2.38. The van der Waals surface area contributed by atoms with E-state index in [4.69, 9.17) is 5.11 Å². The highest BCUT2D eigenvalue weighted by Gasteiger charge is 2.20. The normalized spacial score (nSPS) is 11.3. The van der Waals surface area contributed by atoms with Gasteiger partial charge in [0.05, 0.1) is 4.92 Å². The van der Waals surface area contributed by atoms with Crippen LogP contribution in [0.15, 0.2) is 18.2 Å². The van der Waals surface area contributed by atoms with Crippen molar-refractivity contribution in [3.63, 3.8) is 0 Å². The minimum atomic E-state index is -1.25. The molecule has 3 N–H and O–H groups in total. The minimum absolute atomic E-state index is 0.0696. The smallest absolute Gasteiger partial charge is 0.325 e. The number of carboxylic acid groups (broad SMARTS) is 1. The molecule has 1 aromatic carbocycles. The summed E-state index contributed by atoms with van der Waals surface area (Å²) in [5.74, 6) is -2.67. The van der Waals surface area contributed by atoms with Crippen molar-refractivity contribution < 1.29 is 24.4 Å². The van der Waals surface area contributed by atoms with Crippen molar-refractivity contribution in [3.05, 3.63) is 39.4 Å². The van der Waals surface area contributed by atoms with E-state index in [1.165, 1.54) is 14.0 Å². The first-order chi connectivity index (χ1) is 9.76. The molecule has 1 atom stereocenters. The van der Waals surface area contributed by atoms with Crippen LogP contribution in [0.3, 0.4) is 0 Å². The van der Waals surface area contributed by atoms with Gasteiger partial charge in [0, 0.05) is 30.3 Å². The first kappa shape index (κ1) is 16.1. The second kappa shape index (κ2) is 6.46. The van der Waals surface area contributed by atoms with Gasteiger partial charge in [0.1, 0.15) is 6.04 Å². The van der Waals surface area contributed by atoms with Crippen LogP contribution in [0.1, 0.15) is 27.6 Å². The summed E-state index contributed by atoms with van der Waals surface area (Å²) in [5.41, 5.74) is -0.681. The average molecular weight is 295 g/mol. The predicted octanol–water partition coefficient (Wildman–Crippen LogP) is 0.157. The Balaban J connectivity index is 3.19. The van der Waals surface area contributed by atoms with E-state index in [0.717, 1.165) is 18.2 Å². The van der Waals surface area contributed by atoms with Crippen molar-refractivity contribution in [2.45, 2.75) is 13.0 Å². The maximum absolute atomic E-state index is 11.9. The Hall–Kier alpha value is -2.97. The predicted molar refractivity (Wildman–Crippen MR) is 71.1 cm³/mol. The van der Waals surface area contributed by atoms with E-state index in [-0.39, 0.29) is 11.1 Å². The number of nitro benzene ring substituents is 1. The molecular formula is C12H13N3O6. The number of nitrogens with zero attached hydrogens (tertiary/aromatic N) is 1. The molecule has 0 aliphatic rings. The molecule has 0 radical (unpaired) electrons. The number of benzene rings is 1. The minimum Gasteiger partial charge on any atom is -0.480 e. The monoisotopic (exact) mass is 295 g/mol. The van der Waals surface area contributed by atoms with Crippen LogP contribution >= 0.6 is 0 Å². The number of carbonyl (C=O) groups excluding carboxylic acids is 2. The molecule has 9 heteroatoms. The lowest BCUT2D eigenvalue weighted by molar-refractivity contribution is -0.384. The Labute approximate surface area is 119 Å². The van der Waals surface area contributed by atoms with Gasteiger partial charge in [-0.25, -0.2) is 0 Å². The number of hydrogen-bond donors (Lipinski definition) is 3. The van der Waals surface area contributed by atoms with Crippen LogP contribution in [-0.2, 0) is 4.79 Å². The lowest BCUT2D eigenvalue weighted by atomic mass is 10.1. The summed E-state index contributed by atoms with van der Waals surface area (Å²) in [6.07, 6.45) is 0. The summed E-state index contributed by atoms with van der Waals surface area (Å²) in [7, 11) is 1.34. The summed E-state index contributed by atoms with van der Waals surface area (Å²) in [4.78, 5) is 44.1. The highest BCUT2D eigenvalue weighted by Crippen LogP contribution is 2.17. The van der Waals surface area contributed by atoms with Crippen LogP contribution in [0, 0.1) is 10.1 Å². The number of aliphatic carboxylic acids is 1. The van der Waals surface area contributed by atoms with Crippen LogP contribution in [0.5, 0.6) is 0 Å². The van der Waals surface area contributed by atoms with E-state index in [1.54, 1.807) is 0 Å². The lowest BCUT2D eigenvalue weighted by Gasteiger charge is -2.10. The summed E-state index contributed by atoms with van der Waals surface area (Å²) < 4.78 is 0. The van der Waals surface area contributed by atoms with Crippen LogP contribution in [0.25, 0.3) is 0 Å². The number of rotatable bonds is 5. The third-order valence-electron chi connectivity index (χ3n) is 2.60. The highest BCUT2D eigenvalue weighted by atomic mass is 16.6. The fraction of sp³-hybridized carbons (Fsp3) is 0.250. The van der Waals surface area contributed by atoms with Crippen molar-refractivity contribution in [2.24, 2.45) is 0 Å². The van der Waals surface area contributed by atoms with Gasteiger partial charge in [0.15, 0.2) is 0 Å². The largest absolute Gasteiger partial charge is 0.480 e. The van der Waals surface area contributed by atoms with E-state index in [9.17, 15) is 24.5 Å². The Kier molecular flexibility index (Phi) is 4.95. The van der Waals surface area contributed by atoms with Gasteiger partial charge in [-0.15, -0.1) is 0 Å². The molecule has 0 aromatic heterocycles. The molecular weight excluding hydrogens is 282 g/mol. The SMILES string of the molecule is CNC(=O)c1cc(C(=O)NC(C)C(=O)O)cc([N+](=O)[O-])c1. The molecule has 0 aliphatic heterocycles. The van der Waals surface area contributed by atoms with Gasteiger partial charge in [-0.1, -0.05) is 0 Å². The average Bonchev–Trinajstić information content (AvgIpc) is 2.45. The molecule has 0 bridgehead atoms. The third kappa shape index (κ3) is 4.00. The standard InChI is InChI=1S/C12H13N3O6/c1-6(12(18)19)14-11(17)8-3-7(10(16)13-2)4-9(5-8)15(20)21/h3-6H,1-2H3,(H,13,16)(H,14,17)(H,18,19). The molecule has 0 fully saturated rings. The Bertz CT molecular complexity index is 613. The van der Waals surface area contributed by atoms with E-state index < -0.39 is 34.4 Å². The zero-order chi connectivity index (χ0) is 16.2. The van der Waals surface area contributed by atoms with E-state index in [1.807, 2.05) is 0 Å². The van der Waals surface area contributed by atoms with Crippen molar-refractivity contribution in [2.75, 3.05) is 7.05 Å². The number of amides is 2. The molecule has 1 aromatic rings. The summed E-state index contributed by atoms with van der Waals surface area (Å²) in [6, 6.07) is 1.97. The quantitative estimate of drug-likeness (QED) is 0.522. The summed E-state index contributed by atoms with van der Waals surface area (Å²) in [5, 5.41) is 24.0. The van der Waals surface area contributed by atoms with E-state index in [2.05, 4.69) is 10.6 Å². The van der Waals surface area contributed by atoms with Crippen molar-refractivity contribution in [1.29, 1.82) is 0 Å². The Morgan fingerprint density at radius 3 is 2.14 bits per heavy atom.